The predicted molar refractivity (Wildman–Crippen MR) is 75.7 cm³/mol. The Bertz CT molecular complexity index is 433. The molecule has 1 unspecified atom stereocenters. The van der Waals surface area contributed by atoms with E-state index < -0.39 is 0 Å². The number of likely N-dealkylation sites (N-methyl/N-ethyl adjacent to an activating group) is 1. The van der Waals surface area contributed by atoms with Gasteiger partial charge in [-0.3, -0.25) is 4.90 Å². The number of carbonyl (C=O) groups is 1. The number of aromatic amines is 1. The fourth-order valence-corrected chi connectivity index (χ4v) is 2.33. The Kier molecular flexibility index (Phi) is 5.58. The zero-order valence-corrected chi connectivity index (χ0v) is 12.1. The molecule has 1 aliphatic heterocycles. The van der Waals surface area contributed by atoms with Crippen LogP contribution in [0.1, 0.15) is 23.1 Å². The van der Waals surface area contributed by atoms with Crippen LogP contribution in [0.25, 0.3) is 0 Å². The van der Waals surface area contributed by atoms with Gasteiger partial charge in [0.2, 0.25) is 0 Å². The Morgan fingerprint density at radius 1 is 1.60 bits per heavy atom. The van der Waals surface area contributed by atoms with E-state index >= 15 is 0 Å². The molecule has 1 saturated heterocycles. The van der Waals surface area contributed by atoms with Gasteiger partial charge in [-0.05, 0) is 18.7 Å². The molecule has 0 radical (unpaired) electrons. The van der Waals surface area contributed by atoms with Crippen molar-refractivity contribution in [3.8, 4) is 0 Å². The highest BCUT2D eigenvalue weighted by atomic mass is 16.5. The van der Waals surface area contributed by atoms with Crippen molar-refractivity contribution in [3.05, 3.63) is 23.5 Å². The molecule has 0 saturated carbocycles. The van der Waals surface area contributed by atoms with Crippen molar-refractivity contribution in [1.82, 2.24) is 15.2 Å². The number of nitrogens with one attached hydrogen (secondary N) is 2. The number of methoxy groups -OCH3 is 1. The topological polar surface area (TPSA) is 66.6 Å². The molecule has 2 rings (SSSR count). The summed E-state index contributed by atoms with van der Waals surface area (Å²) in [6.45, 7) is 7.52. The van der Waals surface area contributed by atoms with Gasteiger partial charge in [-0.2, -0.15) is 0 Å². The molecule has 20 heavy (non-hydrogen) atoms. The van der Waals surface area contributed by atoms with Crippen LogP contribution in [0.15, 0.2) is 12.1 Å². The summed E-state index contributed by atoms with van der Waals surface area (Å²) in [6, 6.07) is 3.62. The summed E-state index contributed by atoms with van der Waals surface area (Å²) < 4.78 is 10.4. The van der Waals surface area contributed by atoms with Crippen LogP contribution in [-0.4, -0.2) is 61.9 Å². The Morgan fingerprint density at radius 2 is 2.45 bits per heavy atom. The first-order valence-corrected chi connectivity index (χ1v) is 7.03. The molecule has 1 fully saturated rings. The lowest BCUT2D eigenvalue weighted by molar-refractivity contribution is -0.0254. The second-order valence-corrected chi connectivity index (χ2v) is 4.91. The average Bonchev–Trinajstić information content (AvgIpc) is 2.95. The second kappa shape index (κ2) is 7.42. The van der Waals surface area contributed by atoms with Crippen molar-refractivity contribution in [2.45, 2.75) is 19.6 Å². The van der Waals surface area contributed by atoms with Gasteiger partial charge in [0.05, 0.1) is 19.8 Å². The van der Waals surface area contributed by atoms with Gasteiger partial charge >= 0.3 is 5.97 Å². The number of aromatic nitrogens is 1. The van der Waals surface area contributed by atoms with Crippen molar-refractivity contribution in [2.24, 2.45) is 0 Å². The number of H-pyrrole nitrogens is 1. The first-order chi connectivity index (χ1) is 9.72. The summed E-state index contributed by atoms with van der Waals surface area (Å²) in [5.74, 6) is -0.342. The predicted octanol–water partition coefficient (Wildman–Crippen LogP) is 0.612. The van der Waals surface area contributed by atoms with Crippen molar-refractivity contribution >= 4 is 5.97 Å². The number of esters is 1. The molecule has 0 aliphatic carbocycles. The molecule has 1 aromatic heterocycles. The smallest absolute Gasteiger partial charge is 0.354 e. The van der Waals surface area contributed by atoms with Gasteiger partial charge in [0.1, 0.15) is 5.69 Å². The van der Waals surface area contributed by atoms with Crippen LogP contribution in [0.4, 0.5) is 0 Å². The molecule has 0 bridgehead atoms. The number of hydrogen-bond donors (Lipinski definition) is 2. The first-order valence-electron chi connectivity index (χ1n) is 7.03. The lowest BCUT2D eigenvalue weighted by atomic mass is 10.2. The van der Waals surface area contributed by atoms with E-state index in [1.54, 1.807) is 6.07 Å². The lowest BCUT2D eigenvalue weighted by Gasteiger charge is -2.32. The minimum atomic E-state index is -0.342. The van der Waals surface area contributed by atoms with Crippen LogP contribution < -0.4 is 5.32 Å². The third-order valence-electron chi connectivity index (χ3n) is 3.51. The van der Waals surface area contributed by atoms with E-state index in [0.717, 1.165) is 38.5 Å². The Hall–Kier alpha value is -1.37. The largest absolute Gasteiger partial charge is 0.464 e. The number of hydrogen-bond acceptors (Lipinski definition) is 5. The van der Waals surface area contributed by atoms with E-state index in [1.807, 2.05) is 6.07 Å². The molecule has 0 amide bonds. The van der Waals surface area contributed by atoms with Crippen LogP contribution in [-0.2, 0) is 16.0 Å². The van der Waals surface area contributed by atoms with Crippen molar-refractivity contribution < 1.29 is 14.3 Å². The Labute approximate surface area is 119 Å². The van der Waals surface area contributed by atoms with Gasteiger partial charge in [-0.1, -0.05) is 6.92 Å². The van der Waals surface area contributed by atoms with Crippen LogP contribution in [0, 0.1) is 0 Å². The highest BCUT2D eigenvalue weighted by Gasteiger charge is 2.18. The summed E-state index contributed by atoms with van der Waals surface area (Å²) in [6.07, 6.45) is 0.235. The highest BCUT2D eigenvalue weighted by Crippen LogP contribution is 2.05. The lowest BCUT2D eigenvalue weighted by Crippen LogP contribution is -2.46. The quantitative estimate of drug-likeness (QED) is 0.748. The average molecular weight is 281 g/mol. The number of nitrogens with zero attached hydrogens (tertiary/aromatic N) is 1. The summed E-state index contributed by atoms with van der Waals surface area (Å²) in [5.41, 5.74) is 1.45. The molecule has 1 aliphatic rings. The molecule has 2 N–H and O–H groups in total. The maximum Gasteiger partial charge on any atom is 0.354 e. The first kappa shape index (κ1) is 15.0. The minimum Gasteiger partial charge on any atom is -0.464 e. The van der Waals surface area contributed by atoms with Crippen molar-refractivity contribution in [3.63, 3.8) is 0 Å². The molecule has 1 aromatic rings. The van der Waals surface area contributed by atoms with Gasteiger partial charge in [0, 0.05) is 31.9 Å². The van der Waals surface area contributed by atoms with Crippen molar-refractivity contribution in [1.29, 1.82) is 0 Å². The van der Waals surface area contributed by atoms with Crippen molar-refractivity contribution in [2.75, 3.05) is 39.9 Å². The molecule has 112 valence electrons. The summed E-state index contributed by atoms with van der Waals surface area (Å²) in [5, 5.41) is 3.35. The van der Waals surface area contributed by atoms with Gasteiger partial charge in [0.25, 0.3) is 0 Å². The monoisotopic (exact) mass is 281 g/mol. The summed E-state index contributed by atoms with van der Waals surface area (Å²) in [7, 11) is 1.38. The van der Waals surface area contributed by atoms with Crippen LogP contribution >= 0.6 is 0 Å². The summed E-state index contributed by atoms with van der Waals surface area (Å²) in [4.78, 5) is 16.7. The van der Waals surface area contributed by atoms with E-state index in [1.165, 1.54) is 7.11 Å². The van der Waals surface area contributed by atoms with E-state index in [-0.39, 0.29) is 12.1 Å². The van der Waals surface area contributed by atoms with E-state index in [0.29, 0.717) is 12.2 Å². The minimum absolute atomic E-state index is 0.235. The SMILES string of the molecule is CCN1CCOC(CNCc2ccc(C(=O)OC)[nH]2)C1. The zero-order valence-electron chi connectivity index (χ0n) is 12.1. The molecule has 6 nitrogen and oxygen atoms in total. The molecular formula is C14H23N3O3. The Balaban J connectivity index is 1.72. The van der Waals surface area contributed by atoms with Crippen LogP contribution in [0.2, 0.25) is 0 Å². The van der Waals surface area contributed by atoms with Gasteiger partial charge in [0.15, 0.2) is 0 Å². The highest BCUT2D eigenvalue weighted by molar-refractivity contribution is 5.87. The number of rotatable bonds is 6. The molecule has 1 atom stereocenters. The molecular weight excluding hydrogens is 258 g/mol. The maximum atomic E-state index is 11.3. The summed E-state index contributed by atoms with van der Waals surface area (Å²) >= 11 is 0. The van der Waals surface area contributed by atoms with Gasteiger partial charge in [-0.25, -0.2) is 4.79 Å². The van der Waals surface area contributed by atoms with Crippen LogP contribution in [0.3, 0.4) is 0 Å². The fraction of sp³-hybridized carbons (Fsp3) is 0.643. The third kappa shape index (κ3) is 4.06. The fourth-order valence-electron chi connectivity index (χ4n) is 2.33. The second-order valence-electron chi connectivity index (χ2n) is 4.91. The number of morpholine rings is 1. The van der Waals surface area contributed by atoms with E-state index in [9.17, 15) is 4.79 Å². The molecule has 6 heteroatoms. The van der Waals surface area contributed by atoms with Crippen LogP contribution in [0.5, 0.6) is 0 Å². The van der Waals surface area contributed by atoms with E-state index in [2.05, 4.69) is 26.9 Å². The van der Waals surface area contributed by atoms with E-state index in [4.69, 9.17) is 4.74 Å². The maximum absolute atomic E-state index is 11.3. The standard InChI is InChI=1S/C14H23N3O3/c1-3-17-6-7-20-12(10-17)9-15-8-11-4-5-13(16-11)14(18)19-2/h4-5,12,15-16H,3,6-10H2,1-2H3. The molecule has 0 spiro atoms. The molecule has 2 heterocycles. The van der Waals surface area contributed by atoms with Gasteiger partial charge < -0.3 is 19.8 Å². The Morgan fingerprint density at radius 3 is 3.20 bits per heavy atom. The van der Waals surface area contributed by atoms with Gasteiger partial charge in [-0.15, -0.1) is 0 Å². The molecule has 0 aromatic carbocycles. The number of ether oxygens (including phenoxy) is 2. The number of carbonyl (C=O) groups excluding carboxylic acids is 1. The third-order valence-corrected chi connectivity index (χ3v) is 3.51. The zero-order chi connectivity index (χ0) is 14.4. The normalized spacial score (nSPS) is 20.0.